The third-order valence-electron chi connectivity index (χ3n) is 4.34. The number of rotatable bonds is 4. The molecule has 158 valence electrons. The minimum absolute atomic E-state index is 0.0149. The predicted octanol–water partition coefficient (Wildman–Crippen LogP) is 3.09. The summed E-state index contributed by atoms with van der Waals surface area (Å²) >= 11 is 0. The minimum atomic E-state index is -0.725. The molecule has 2 rings (SSSR count). The number of carbonyl (C=O) groups excluding carboxylic acids is 2. The van der Waals surface area contributed by atoms with E-state index in [0.29, 0.717) is 18.8 Å². The lowest BCUT2D eigenvalue weighted by molar-refractivity contribution is -0.154. The van der Waals surface area contributed by atoms with Gasteiger partial charge in [0.2, 0.25) is 0 Å². The average Bonchev–Trinajstić information content (AvgIpc) is 2.56. The van der Waals surface area contributed by atoms with Crippen molar-refractivity contribution in [1.29, 1.82) is 0 Å². The van der Waals surface area contributed by atoms with Gasteiger partial charge in [0.15, 0.2) is 0 Å². The summed E-state index contributed by atoms with van der Waals surface area (Å²) in [6.07, 6.45) is 1.40. The van der Waals surface area contributed by atoms with Crippen molar-refractivity contribution in [2.45, 2.75) is 58.7 Å². The number of piperidine rings is 1. The number of nitrogens with zero attached hydrogens (tertiary/aromatic N) is 1. The minimum Gasteiger partial charge on any atom is -0.508 e. The van der Waals surface area contributed by atoms with Crippen LogP contribution < -0.4 is 5.73 Å². The molecule has 1 saturated heterocycles. The van der Waals surface area contributed by atoms with Crippen molar-refractivity contribution in [3.05, 3.63) is 29.8 Å². The Balaban J connectivity index is 0.000000416. The van der Waals surface area contributed by atoms with E-state index < -0.39 is 11.7 Å². The van der Waals surface area contributed by atoms with Crippen molar-refractivity contribution >= 4 is 12.1 Å². The van der Waals surface area contributed by atoms with Crippen molar-refractivity contribution < 1.29 is 24.2 Å². The molecule has 1 aromatic rings. The predicted molar refractivity (Wildman–Crippen MR) is 108 cm³/mol. The smallest absolute Gasteiger partial charge is 0.405 e. The molecule has 1 amide bonds. The fraction of sp³-hybridized carbons (Fsp3) is 0.619. The third-order valence-corrected chi connectivity index (χ3v) is 4.34. The number of phenolic OH excluding ortho intramolecular Hbond substituents is 1. The van der Waals surface area contributed by atoms with Crippen molar-refractivity contribution in [3.63, 3.8) is 0 Å². The van der Waals surface area contributed by atoms with E-state index in [1.807, 2.05) is 12.1 Å². The number of likely N-dealkylation sites (tertiary alicyclic amines) is 1. The Kier molecular flexibility index (Phi) is 9.25. The summed E-state index contributed by atoms with van der Waals surface area (Å²) in [4.78, 5) is 24.1. The normalized spacial score (nSPS) is 19.9. The van der Waals surface area contributed by atoms with E-state index in [2.05, 4.69) is 23.6 Å². The highest BCUT2D eigenvalue weighted by Crippen LogP contribution is 2.20. The molecule has 1 aromatic carbocycles. The fourth-order valence-corrected chi connectivity index (χ4v) is 2.78. The largest absolute Gasteiger partial charge is 0.508 e. The van der Waals surface area contributed by atoms with Crippen molar-refractivity contribution in [3.8, 4) is 5.75 Å². The van der Waals surface area contributed by atoms with Crippen LogP contribution >= 0.6 is 0 Å². The van der Waals surface area contributed by atoms with Gasteiger partial charge in [0.05, 0.1) is 0 Å². The van der Waals surface area contributed by atoms with Crippen LogP contribution in [0.2, 0.25) is 0 Å². The van der Waals surface area contributed by atoms with Gasteiger partial charge in [-0.25, -0.2) is 4.79 Å². The molecule has 0 aromatic heterocycles. The zero-order valence-electron chi connectivity index (χ0n) is 17.6. The summed E-state index contributed by atoms with van der Waals surface area (Å²) in [7, 11) is 2.06. The summed E-state index contributed by atoms with van der Waals surface area (Å²) in [5, 5.41) is 9.21. The molecule has 7 nitrogen and oxygen atoms in total. The Morgan fingerprint density at radius 1 is 1.25 bits per heavy atom. The average molecular weight is 395 g/mol. The summed E-state index contributed by atoms with van der Waals surface area (Å²) in [6.45, 7) is 9.33. The van der Waals surface area contributed by atoms with E-state index >= 15 is 0 Å². The first-order valence-electron chi connectivity index (χ1n) is 9.60. The molecule has 0 aliphatic carbocycles. The van der Waals surface area contributed by atoms with E-state index in [1.165, 1.54) is 0 Å². The molecule has 0 bridgehead atoms. The molecule has 1 aliphatic heterocycles. The standard InChI is InChI=1S/C16H23NO3.C5H11NO2/c1-12-9-10-17(2)11-15(12)20-16(19)8-5-13-3-6-14(18)7-4-13;1-5(2,3)8-4(6)7/h3-4,6-7,12,15,18H,5,8-11H2,1-2H3;1-3H3,(H2,6,7)/t12?,15-;/m0./s1. The lowest BCUT2D eigenvalue weighted by Gasteiger charge is -2.34. The number of phenols is 1. The fourth-order valence-electron chi connectivity index (χ4n) is 2.78. The second-order valence-electron chi connectivity index (χ2n) is 8.26. The summed E-state index contributed by atoms with van der Waals surface area (Å²) in [5.74, 6) is 0.546. The maximum atomic E-state index is 11.9. The number of hydrogen-bond acceptors (Lipinski definition) is 6. The van der Waals surface area contributed by atoms with Crippen LogP contribution in [0.5, 0.6) is 5.75 Å². The van der Waals surface area contributed by atoms with Crippen LogP contribution in [0, 0.1) is 5.92 Å². The molecule has 3 N–H and O–H groups in total. The zero-order valence-corrected chi connectivity index (χ0v) is 17.6. The molecular formula is C21H34N2O5. The SMILES string of the molecule is CC(C)(C)OC(N)=O.CC1CCN(C)C[C@@H]1OC(=O)CCc1ccc(O)cc1. The number of nitrogens with two attached hydrogens (primary N) is 1. The van der Waals surface area contributed by atoms with E-state index in [1.54, 1.807) is 32.9 Å². The number of carbonyl (C=O) groups is 2. The molecule has 1 aliphatic rings. The number of amides is 1. The highest BCUT2D eigenvalue weighted by Gasteiger charge is 2.27. The van der Waals surface area contributed by atoms with Crippen molar-refractivity contribution in [1.82, 2.24) is 4.90 Å². The molecule has 0 radical (unpaired) electrons. The third kappa shape index (κ3) is 10.2. The number of likely N-dealkylation sites (N-methyl/N-ethyl adjacent to an activating group) is 1. The quantitative estimate of drug-likeness (QED) is 0.761. The van der Waals surface area contributed by atoms with Gasteiger partial charge in [-0.05, 0) is 70.8 Å². The monoisotopic (exact) mass is 394 g/mol. The van der Waals surface area contributed by atoms with Crippen LogP contribution in [0.25, 0.3) is 0 Å². The lowest BCUT2D eigenvalue weighted by Crippen LogP contribution is -2.43. The Hall–Kier alpha value is -2.28. The highest BCUT2D eigenvalue weighted by atomic mass is 16.6. The van der Waals surface area contributed by atoms with E-state index in [4.69, 9.17) is 10.5 Å². The van der Waals surface area contributed by atoms with E-state index in [-0.39, 0.29) is 17.8 Å². The number of benzene rings is 1. The topological polar surface area (TPSA) is 102 Å². The zero-order chi connectivity index (χ0) is 21.3. The number of aryl methyl sites for hydroxylation is 1. The number of hydrogen-bond donors (Lipinski definition) is 2. The Labute approximate surface area is 167 Å². The van der Waals surface area contributed by atoms with Crippen LogP contribution in [0.1, 0.15) is 46.1 Å². The van der Waals surface area contributed by atoms with Crippen LogP contribution in [0.4, 0.5) is 4.79 Å². The maximum Gasteiger partial charge on any atom is 0.405 e. The van der Waals surface area contributed by atoms with Crippen LogP contribution in [-0.4, -0.2) is 53.9 Å². The number of aromatic hydroxyl groups is 1. The van der Waals surface area contributed by atoms with Crippen LogP contribution in [0.15, 0.2) is 24.3 Å². The van der Waals surface area contributed by atoms with Gasteiger partial charge in [-0.15, -0.1) is 0 Å². The number of ether oxygens (including phenoxy) is 2. The second kappa shape index (κ2) is 10.9. The summed E-state index contributed by atoms with van der Waals surface area (Å²) in [5.41, 5.74) is 5.30. The van der Waals surface area contributed by atoms with Crippen molar-refractivity contribution in [2.24, 2.45) is 11.7 Å². The molecule has 2 atom stereocenters. The molecule has 1 unspecified atom stereocenters. The van der Waals surface area contributed by atoms with Crippen molar-refractivity contribution in [2.75, 3.05) is 20.1 Å². The molecule has 0 spiro atoms. The lowest BCUT2D eigenvalue weighted by atomic mass is 9.96. The first-order chi connectivity index (χ1) is 13.0. The second-order valence-corrected chi connectivity index (χ2v) is 8.26. The molecule has 1 heterocycles. The molecular weight excluding hydrogens is 360 g/mol. The van der Waals surface area contributed by atoms with Gasteiger partial charge < -0.3 is 25.2 Å². The highest BCUT2D eigenvalue weighted by molar-refractivity contribution is 5.70. The Bertz CT molecular complexity index is 625. The van der Waals surface area contributed by atoms with Gasteiger partial charge in [-0.2, -0.15) is 0 Å². The van der Waals surface area contributed by atoms with Crippen LogP contribution in [0.3, 0.4) is 0 Å². The van der Waals surface area contributed by atoms with Gasteiger partial charge >= 0.3 is 12.1 Å². The van der Waals surface area contributed by atoms with Crippen LogP contribution in [-0.2, 0) is 20.7 Å². The molecule has 28 heavy (non-hydrogen) atoms. The summed E-state index contributed by atoms with van der Waals surface area (Å²) < 4.78 is 10.2. The number of primary amides is 1. The van der Waals surface area contributed by atoms with Gasteiger partial charge in [-0.1, -0.05) is 19.1 Å². The Morgan fingerprint density at radius 2 is 1.86 bits per heavy atom. The van der Waals surface area contributed by atoms with E-state index in [9.17, 15) is 14.7 Å². The van der Waals surface area contributed by atoms with Gasteiger partial charge in [0, 0.05) is 13.0 Å². The molecule has 1 fully saturated rings. The first kappa shape index (κ1) is 23.8. The van der Waals surface area contributed by atoms with Gasteiger partial charge in [0.25, 0.3) is 0 Å². The van der Waals surface area contributed by atoms with Gasteiger partial charge in [0.1, 0.15) is 17.5 Å². The molecule has 7 heteroatoms. The summed E-state index contributed by atoms with van der Waals surface area (Å²) in [6, 6.07) is 6.94. The van der Waals surface area contributed by atoms with Gasteiger partial charge in [-0.3, -0.25) is 4.79 Å². The van der Waals surface area contributed by atoms with E-state index in [0.717, 1.165) is 25.1 Å². The Morgan fingerprint density at radius 3 is 2.36 bits per heavy atom. The number of esters is 1. The first-order valence-corrected chi connectivity index (χ1v) is 9.60. The molecule has 0 saturated carbocycles. The maximum absolute atomic E-state index is 11.9.